The number of esters is 1. The Morgan fingerprint density at radius 3 is 2.87 bits per heavy atom. The van der Waals surface area contributed by atoms with Crippen LogP contribution in [0.3, 0.4) is 0 Å². The second-order valence-corrected chi connectivity index (χ2v) is 3.45. The van der Waals surface area contributed by atoms with Crippen molar-refractivity contribution in [2.75, 3.05) is 6.61 Å². The van der Waals surface area contributed by atoms with Gasteiger partial charge in [-0.05, 0) is 19.8 Å². The average molecular weight is 213 g/mol. The van der Waals surface area contributed by atoms with E-state index in [9.17, 15) is 14.4 Å². The fraction of sp³-hybridized carbons (Fsp3) is 0.700. The molecule has 1 fully saturated rings. The van der Waals surface area contributed by atoms with Crippen molar-refractivity contribution >= 4 is 17.7 Å². The van der Waals surface area contributed by atoms with E-state index in [1.165, 1.54) is 0 Å². The zero-order chi connectivity index (χ0) is 11.3. The van der Waals surface area contributed by atoms with Gasteiger partial charge in [0.2, 0.25) is 5.91 Å². The number of nitrogens with one attached hydrogen (secondary N) is 1. The Balaban J connectivity index is 2.57. The first-order valence-electron chi connectivity index (χ1n) is 5.15. The second-order valence-electron chi connectivity index (χ2n) is 3.45. The predicted molar refractivity (Wildman–Crippen MR) is 52.0 cm³/mol. The lowest BCUT2D eigenvalue weighted by Crippen LogP contribution is -2.43. The summed E-state index contributed by atoms with van der Waals surface area (Å²) in [5.74, 6) is -1.67. The average Bonchev–Trinajstić information content (AvgIpc) is 2.42. The van der Waals surface area contributed by atoms with Gasteiger partial charge in [0.25, 0.3) is 5.78 Å². The van der Waals surface area contributed by atoms with Crippen LogP contribution in [0.5, 0.6) is 0 Å². The maximum absolute atomic E-state index is 11.5. The minimum absolute atomic E-state index is 0.171. The third-order valence-corrected chi connectivity index (χ3v) is 2.27. The van der Waals surface area contributed by atoms with Gasteiger partial charge in [0.05, 0.1) is 12.6 Å². The van der Waals surface area contributed by atoms with Gasteiger partial charge in [-0.1, -0.05) is 6.42 Å². The van der Waals surface area contributed by atoms with Crippen molar-refractivity contribution in [2.45, 2.75) is 38.6 Å². The number of hydrogen-bond acceptors (Lipinski definition) is 4. The molecule has 1 saturated heterocycles. The standard InChI is InChI=1S/C10H15NO4/c1-2-15-10(14)9(13)7-5-3-4-6-8(12)11-7/h7H,2-6H2,1H3,(H,11,12). The van der Waals surface area contributed by atoms with Gasteiger partial charge < -0.3 is 10.1 Å². The van der Waals surface area contributed by atoms with Crippen LogP contribution in [-0.2, 0) is 19.1 Å². The molecule has 1 unspecified atom stereocenters. The predicted octanol–water partition coefficient (Wildman–Crippen LogP) is 0.177. The Hall–Kier alpha value is -1.39. The number of ketones is 1. The van der Waals surface area contributed by atoms with Crippen LogP contribution in [-0.4, -0.2) is 30.3 Å². The number of rotatable bonds is 3. The highest BCUT2D eigenvalue weighted by Gasteiger charge is 2.28. The Labute approximate surface area is 88.2 Å². The Kier molecular flexibility index (Phi) is 4.27. The van der Waals surface area contributed by atoms with Gasteiger partial charge in [-0.2, -0.15) is 0 Å². The van der Waals surface area contributed by atoms with E-state index in [0.29, 0.717) is 12.8 Å². The molecule has 1 aliphatic rings. The van der Waals surface area contributed by atoms with Crippen molar-refractivity contribution in [3.05, 3.63) is 0 Å². The Bertz CT molecular complexity index is 275. The largest absolute Gasteiger partial charge is 0.460 e. The molecule has 0 aromatic heterocycles. The lowest BCUT2D eigenvalue weighted by Gasteiger charge is -2.12. The van der Waals surface area contributed by atoms with Crippen LogP contribution in [0, 0.1) is 0 Å². The summed E-state index contributed by atoms with van der Waals surface area (Å²) in [6.07, 6.45) is 2.48. The summed E-state index contributed by atoms with van der Waals surface area (Å²) >= 11 is 0. The summed E-state index contributed by atoms with van der Waals surface area (Å²) in [6, 6.07) is -0.695. The van der Waals surface area contributed by atoms with Crippen molar-refractivity contribution in [1.82, 2.24) is 5.32 Å². The van der Waals surface area contributed by atoms with Crippen LogP contribution in [0.25, 0.3) is 0 Å². The van der Waals surface area contributed by atoms with E-state index in [0.717, 1.165) is 12.8 Å². The zero-order valence-electron chi connectivity index (χ0n) is 8.75. The zero-order valence-corrected chi connectivity index (χ0v) is 8.75. The first kappa shape index (κ1) is 11.7. The van der Waals surface area contributed by atoms with Gasteiger partial charge in [0.1, 0.15) is 0 Å². The van der Waals surface area contributed by atoms with E-state index in [2.05, 4.69) is 10.1 Å². The molecule has 0 radical (unpaired) electrons. The first-order chi connectivity index (χ1) is 7.15. The van der Waals surface area contributed by atoms with Gasteiger partial charge in [0, 0.05) is 6.42 Å². The molecule has 1 N–H and O–H groups in total. The molecule has 1 amide bonds. The van der Waals surface area contributed by atoms with Crippen LogP contribution in [0.4, 0.5) is 0 Å². The van der Waals surface area contributed by atoms with E-state index in [4.69, 9.17) is 0 Å². The van der Waals surface area contributed by atoms with E-state index in [-0.39, 0.29) is 12.5 Å². The number of Topliss-reactive ketones (excluding diaryl/α,β-unsaturated/α-hetero) is 1. The third kappa shape index (κ3) is 3.34. The topological polar surface area (TPSA) is 72.5 Å². The molecule has 1 aliphatic heterocycles. The molecule has 1 heterocycles. The van der Waals surface area contributed by atoms with Crippen LogP contribution in [0.2, 0.25) is 0 Å². The van der Waals surface area contributed by atoms with Crippen molar-refractivity contribution in [3.63, 3.8) is 0 Å². The van der Waals surface area contributed by atoms with Gasteiger partial charge in [-0.15, -0.1) is 0 Å². The van der Waals surface area contributed by atoms with E-state index < -0.39 is 17.8 Å². The number of ether oxygens (including phenoxy) is 1. The van der Waals surface area contributed by atoms with Crippen LogP contribution in [0.1, 0.15) is 32.6 Å². The smallest absolute Gasteiger partial charge is 0.376 e. The second kappa shape index (κ2) is 5.48. The molecule has 1 rings (SSSR count). The fourth-order valence-electron chi connectivity index (χ4n) is 1.51. The highest BCUT2D eigenvalue weighted by Crippen LogP contribution is 2.10. The lowest BCUT2D eigenvalue weighted by molar-refractivity contribution is -0.154. The minimum Gasteiger partial charge on any atom is -0.460 e. The van der Waals surface area contributed by atoms with E-state index in [1.54, 1.807) is 6.92 Å². The summed E-state index contributed by atoms with van der Waals surface area (Å²) in [5, 5.41) is 2.53. The van der Waals surface area contributed by atoms with Gasteiger partial charge in [-0.3, -0.25) is 9.59 Å². The molecule has 0 aromatic rings. The van der Waals surface area contributed by atoms with Crippen molar-refractivity contribution < 1.29 is 19.1 Å². The summed E-state index contributed by atoms with van der Waals surface area (Å²) in [7, 11) is 0. The summed E-state index contributed by atoms with van der Waals surface area (Å²) < 4.78 is 4.59. The number of carbonyl (C=O) groups is 3. The summed E-state index contributed by atoms with van der Waals surface area (Å²) in [6.45, 7) is 1.81. The fourth-order valence-corrected chi connectivity index (χ4v) is 1.51. The van der Waals surface area contributed by atoms with Crippen molar-refractivity contribution in [1.29, 1.82) is 0 Å². The number of carbonyl (C=O) groups excluding carboxylic acids is 3. The molecule has 0 spiro atoms. The van der Waals surface area contributed by atoms with E-state index >= 15 is 0 Å². The SMILES string of the molecule is CCOC(=O)C(=O)C1CCCCC(=O)N1. The van der Waals surface area contributed by atoms with Crippen LogP contribution in [0.15, 0.2) is 0 Å². The molecule has 0 saturated carbocycles. The highest BCUT2D eigenvalue weighted by molar-refractivity contribution is 6.36. The molecule has 0 bridgehead atoms. The maximum atomic E-state index is 11.5. The van der Waals surface area contributed by atoms with Gasteiger partial charge in [0.15, 0.2) is 0 Å². The molecule has 1 atom stereocenters. The van der Waals surface area contributed by atoms with Crippen molar-refractivity contribution in [3.8, 4) is 0 Å². The lowest BCUT2D eigenvalue weighted by atomic mass is 10.1. The van der Waals surface area contributed by atoms with Gasteiger partial charge >= 0.3 is 5.97 Å². The van der Waals surface area contributed by atoms with Crippen LogP contribution >= 0.6 is 0 Å². The number of hydrogen-bond donors (Lipinski definition) is 1. The molecule has 0 aromatic carbocycles. The highest BCUT2D eigenvalue weighted by atomic mass is 16.5. The van der Waals surface area contributed by atoms with Crippen LogP contribution < -0.4 is 5.32 Å². The summed E-state index contributed by atoms with van der Waals surface area (Å²) in [5.41, 5.74) is 0. The minimum atomic E-state index is -0.857. The number of amides is 1. The molecule has 15 heavy (non-hydrogen) atoms. The Morgan fingerprint density at radius 1 is 1.47 bits per heavy atom. The summed E-state index contributed by atoms with van der Waals surface area (Å²) in [4.78, 5) is 33.8. The van der Waals surface area contributed by atoms with E-state index in [1.807, 2.05) is 0 Å². The van der Waals surface area contributed by atoms with Gasteiger partial charge in [-0.25, -0.2) is 4.79 Å². The molecular weight excluding hydrogens is 198 g/mol. The Morgan fingerprint density at radius 2 is 2.20 bits per heavy atom. The maximum Gasteiger partial charge on any atom is 0.376 e. The normalized spacial score (nSPS) is 21.4. The molecular formula is C10H15NO4. The first-order valence-corrected chi connectivity index (χ1v) is 5.15. The molecule has 5 nitrogen and oxygen atoms in total. The molecule has 84 valence electrons. The van der Waals surface area contributed by atoms with Crippen molar-refractivity contribution in [2.24, 2.45) is 0 Å². The molecule has 0 aliphatic carbocycles. The molecule has 5 heteroatoms. The third-order valence-electron chi connectivity index (χ3n) is 2.27. The monoisotopic (exact) mass is 213 g/mol. The quantitative estimate of drug-likeness (QED) is 0.536.